The molecule has 0 spiro atoms. The lowest BCUT2D eigenvalue weighted by atomic mass is 10.2. The lowest BCUT2D eigenvalue weighted by Crippen LogP contribution is -2.34. The van der Waals surface area contributed by atoms with Crippen LogP contribution >= 0.6 is 34.8 Å². The smallest absolute Gasteiger partial charge is 0.258 e. The number of nitrogens with one attached hydrogen (secondary N) is 3. The number of carbonyl (C=O) groups is 1. The van der Waals surface area contributed by atoms with Crippen LogP contribution in [0.4, 0.5) is 5.69 Å². The van der Waals surface area contributed by atoms with Crippen LogP contribution in [0.1, 0.15) is 10.4 Å². The Morgan fingerprint density at radius 2 is 1.81 bits per heavy atom. The summed E-state index contributed by atoms with van der Waals surface area (Å²) in [6.07, 6.45) is 1.46. The molecule has 0 aromatic heterocycles. The van der Waals surface area contributed by atoms with Gasteiger partial charge in [-0.1, -0.05) is 18.2 Å². The van der Waals surface area contributed by atoms with Gasteiger partial charge in [-0.2, -0.15) is 0 Å². The van der Waals surface area contributed by atoms with Gasteiger partial charge < -0.3 is 5.32 Å². The van der Waals surface area contributed by atoms with Crippen molar-refractivity contribution in [2.45, 2.75) is 4.90 Å². The summed E-state index contributed by atoms with van der Waals surface area (Å²) in [6.45, 7) is 3.62. The highest BCUT2D eigenvalue weighted by molar-refractivity contribution is 14.1. The monoisotopic (exact) mass is 501 g/mol. The van der Waals surface area contributed by atoms with Crippen molar-refractivity contribution >= 4 is 61.5 Å². The Labute approximate surface area is 171 Å². The van der Waals surface area contributed by atoms with Gasteiger partial charge in [-0.15, -0.1) is 6.58 Å². The van der Waals surface area contributed by atoms with Crippen molar-refractivity contribution in [3.63, 3.8) is 0 Å². The second-order valence-corrected chi connectivity index (χ2v) is 8.39. The fraction of sp³-hybridized carbons (Fsp3) is 0.0588. The van der Waals surface area contributed by atoms with E-state index in [1.807, 2.05) is 12.1 Å². The van der Waals surface area contributed by atoms with Crippen LogP contribution in [0.15, 0.2) is 66.1 Å². The van der Waals surface area contributed by atoms with E-state index in [4.69, 9.17) is 12.2 Å². The molecule has 6 nitrogen and oxygen atoms in total. The minimum absolute atomic E-state index is 0.120. The average Bonchev–Trinajstić information content (AvgIpc) is 2.60. The van der Waals surface area contributed by atoms with Crippen molar-refractivity contribution < 1.29 is 13.2 Å². The molecule has 0 atom stereocenters. The van der Waals surface area contributed by atoms with Crippen LogP contribution in [-0.4, -0.2) is 26.0 Å². The van der Waals surface area contributed by atoms with Crippen molar-refractivity contribution in [1.82, 2.24) is 10.0 Å². The maximum absolute atomic E-state index is 12.2. The average molecular weight is 501 g/mol. The van der Waals surface area contributed by atoms with Gasteiger partial charge in [0.15, 0.2) is 5.11 Å². The molecule has 2 aromatic rings. The third-order valence-corrected chi connectivity index (χ3v) is 5.77. The molecule has 136 valence electrons. The van der Waals surface area contributed by atoms with Crippen LogP contribution in [0.3, 0.4) is 0 Å². The zero-order chi connectivity index (χ0) is 19.2. The lowest BCUT2D eigenvalue weighted by molar-refractivity contribution is 0.0977. The fourth-order valence-corrected chi connectivity index (χ4v) is 3.79. The van der Waals surface area contributed by atoms with Crippen LogP contribution in [-0.2, 0) is 10.0 Å². The zero-order valence-electron chi connectivity index (χ0n) is 13.5. The predicted octanol–water partition coefficient (Wildman–Crippen LogP) is 2.88. The number of benzene rings is 2. The van der Waals surface area contributed by atoms with Crippen molar-refractivity contribution in [1.29, 1.82) is 0 Å². The third kappa shape index (κ3) is 5.59. The SMILES string of the molecule is C=CCNS(=O)(=O)c1ccc(NC(=S)NC(=O)c2ccccc2I)cc1. The molecule has 0 aliphatic carbocycles. The molecular weight excluding hydrogens is 485 g/mol. The molecule has 2 aromatic carbocycles. The molecule has 0 heterocycles. The van der Waals surface area contributed by atoms with Gasteiger partial charge in [0, 0.05) is 15.8 Å². The van der Waals surface area contributed by atoms with Crippen molar-refractivity contribution in [3.05, 3.63) is 70.3 Å². The van der Waals surface area contributed by atoms with Gasteiger partial charge in [0.05, 0.1) is 10.5 Å². The molecule has 0 saturated carbocycles. The summed E-state index contributed by atoms with van der Waals surface area (Å²) in [5.74, 6) is -0.319. The number of amides is 1. The van der Waals surface area contributed by atoms with Gasteiger partial charge in [-0.05, 0) is 71.2 Å². The Bertz CT molecular complexity index is 929. The molecule has 1 amide bonds. The molecule has 26 heavy (non-hydrogen) atoms. The van der Waals surface area contributed by atoms with Gasteiger partial charge in [-0.25, -0.2) is 13.1 Å². The van der Waals surface area contributed by atoms with Crippen LogP contribution < -0.4 is 15.4 Å². The molecule has 0 bridgehead atoms. The van der Waals surface area contributed by atoms with E-state index in [1.54, 1.807) is 24.3 Å². The van der Waals surface area contributed by atoms with Gasteiger partial charge in [0.1, 0.15) is 0 Å². The number of hydrogen-bond acceptors (Lipinski definition) is 4. The molecule has 0 unspecified atom stereocenters. The number of halogens is 1. The molecule has 0 aliphatic heterocycles. The van der Waals surface area contributed by atoms with E-state index in [-0.39, 0.29) is 22.5 Å². The summed E-state index contributed by atoms with van der Waals surface area (Å²) in [6, 6.07) is 13.2. The van der Waals surface area contributed by atoms with Crippen LogP contribution in [0, 0.1) is 3.57 Å². The highest BCUT2D eigenvalue weighted by Crippen LogP contribution is 2.14. The Hall–Kier alpha value is -1.82. The summed E-state index contributed by atoms with van der Waals surface area (Å²) in [4.78, 5) is 12.3. The van der Waals surface area contributed by atoms with Crippen molar-refractivity contribution in [3.8, 4) is 0 Å². The van der Waals surface area contributed by atoms with Crippen LogP contribution in [0.25, 0.3) is 0 Å². The van der Waals surface area contributed by atoms with Gasteiger partial charge in [0.2, 0.25) is 10.0 Å². The second-order valence-electron chi connectivity index (χ2n) is 5.05. The first kappa shape index (κ1) is 20.5. The second kappa shape index (κ2) is 9.21. The van der Waals surface area contributed by atoms with E-state index in [1.165, 1.54) is 18.2 Å². The maximum atomic E-state index is 12.2. The highest BCUT2D eigenvalue weighted by Gasteiger charge is 2.13. The highest BCUT2D eigenvalue weighted by atomic mass is 127. The molecule has 0 fully saturated rings. The lowest BCUT2D eigenvalue weighted by Gasteiger charge is -2.11. The van der Waals surface area contributed by atoms with Crippen LogP contribution in [0.2, 0.25) is 0 Å². The molecule has 9 heteroatoms. The van der Waals surface area contributed by atoms with Gasteiger partial charge in [0.25, 0.3) is 5.91 Å². The maximum Gasteiger partial charge on any atom is 0.258 e. The minimum atomic E-state index is -3.58. The van der Waals surface area contributed by atoms with Gasteiger partial charge >= 0.3 is 0 Å². The Kier molecular flexibility index (Phi) is 7.26. The molecule has 0 aliphatic rings. The van der Waals surface area contributed by atoms with E-state index >= 15 is 0 Å². The number of rotatable bonds is 6. The topological polar surface area (TPSA) is 87.3 Å². The molecular formula is C17H16IN3O3S2. The number of thiocarbonyl (C=S) groups is 1. The van der Waals surface area contributed by atoms with E-state index < -0.39 is 10.0 Å². The first-order valence-corrected chi connectivity index (χ1v) is 10.4. The Balaban J connectivity index is 2.00. The molecule has 3 N–H and O–H groups in total. The van der Waals surface area contributed by atoms with E-state index in [0.29, 0.717) is 11.3 Å². The quantitative estimate of drug-likeness (QED) is 0.322. The minimum Gasteiger partial charge on any atom is -0.332 e. The summed E-state index contributed by atoms with van der Waals surface area (Å²) < 4.78 is 27.2. The Morgan fingerprint density at radius 3 is 2.42 bits per heavy atom. The van der Waals surface area contributed by atoms with Crippen molar-refractivity contribution in [2.75, 3.05) is 11.9 Å². The first-order valence-electron chi connectivity index (χ1n) is 7.41. The number of carbonyl (C=O) groups excluding carboxylic acids is 1. The standard InChI is InChI=1S/C17H16IN3O3S2/c1-2-11-19-26(23,24)13-9-7-12(8-10-13)20-17(25)21-16(22)14-5-3-4-6-15(14)18/h2-10,19H,1,11H2,(H2,20,21,22,25). The molecule has 0 saturated heterocycles. The summed E-state index contributed by atoms with van der Waals surface area (Å²) in [5, 5.41) is 5.56. The van der Waals surface area contributed by atoms with Gasteiger partial charge in [-0.3, -0.25) is 10.1 Å². The number of anilines is 1. The molecule has 0 radical (unpaired) electrons. The first-order chi connectivity index (χ1) is 12.3. The van der Waals surface area contributed by atoms with Crippen LogP contribution in [0.5, 0.6) is 0 Å². The summed E-state index contributed by atoms with van der Waals surface area (Å²) in [5.41, 5.74) is 1.08. The normalized spacial score (nSPS) is 10.8. The Morgan fingerprint density at radius 1 is 1.15 bits per heavy atom. The fourth-order valence-electron chi connectivity index (χ4n) is 1.95. The summed E-state index contributed by atoms with van der Waals surface area (Å²) in [7, 11) is -3.58. The molecule has 2 rings (SSSR count). The van der Waals surface area contributed by atoms with Crippen molar-refractivity contribution in [2.24, 2.45) is 0 Å². The number of sulfonamides is 1. The zero-order valence-corrected chi connectivity index (χ0v) is 17.3. The van der Waals surface area contributed by atoms with E-state index in [0.717, 1.165) is 3.57 Å². The largest absolute Gasteiger partial charge is 0.332 e. The van der Waals surface area contributed by atoms with E-state index in [9.17, 15) is 13.2 Å². The summed E-state index contributed by atoms with van der Waals surface area (Å²) >= 11 is 7.20. The van der Waals surface area contributed by atoms with E-state index in [2.05, 4.69) is 44.5 Å². The third-order valence-electron chi connectivity index (χ3n) is 3.19. The number of hydrogen-bond donors (Lipinski definition) is 3. The predicted molar refractivity (Wildman–Crippen MR) is 115 cm³/mol.